The summed E-state index contributed by atoms with van der Waals surface area (Å²) in [6.07, 6.45) is 0.342. The van der Waals surface area contributed by atoms with Crippen LogP contribution in [0.15, 0.2) is 76.8 Å². The van der Waals surface area contributed by atoms with E-state index in [1.165, 1.54) is 6.07 Å². The zero-order valence-corrected chi connectivity index (χ0v) is 18.9. The Morgan fingerprint density at radius 3 is 2.29 bits per heavy atom. The number of hydrogen-bond donors (Lipinski definition) is 1. The lowest BCUT2D eigenvalue weighted by molar-refractivity contribution is -0.305. The van der Waals surface area contributed by atoms with Gasteiger partial charge in [0, 0.05) is 0 Å². The van der Waals surface area contributed by atoms with Crippen LogP contribution >= 0.6 is 0 Å². The van der Waals surface area contributed by atoms with E-state index in [2.05, 4.69) is 5.16 Å². The molecular weight excluding hydrogens is 414 g/mol. The van der Waals surface area contributed by atoms with Gasteiger partial charge in [-0.2, -0.15) is 8.42 Å². The van der Waals surface area contributed by atoms with Crippen LogP contribution in [0.1, 0.15) is 51.3 Å². The molecule has 0 aliphatic heterocycles. The number of rotatable bonds is 8. The second-order valence-corrected chi connectivity index (χ2v) is 9.69. The molecule has 0 radical (unpaired) electrons. The van der Waals surface area contributed by atoms with Gasteiger partial charge < -0.3 is 0 Å². The zero-order chi connectivity index (χ0) is 22.6. The minimum absolute atomic E-state index is 0.0443. The Balaban J connectivity index is 1.79. The predicted octanol–water partition coefficient (Wildman–Crippen LogP) is 5.94. The van der Waals surface area contributed by atoms with E-state index in [0.717, 1.165) is 22.8 Å². The van der Waals surface area contributed by atoms with Gasteiger partial charge >= 0.3 is 10.1 Å². The molecule has 0 amide bonds. The first-order chi connectivity index (χ1) is 14.7. The molecule has 6 nitrogen and oxygen atoms in total. The Bertz CT molecular complexity index is 1180. The molecule has 3 aromatic rings. The Kier molecular flexibility index (Phi) is 6.79. The molecular formula is C24H27NO5S. The zero-order valence-electron chi connectivity index (χ0n) is 18.1. The number of oxime groups is 1. The van der Waals surface area contributed by atoms with Gasteiger partial charge in [0.1, 0.15) is 11.0 Å². The van der Waals surface area contributed by atoms with E-state index in [1.54, 1.807) is 31.2 Å². The van der Waals surface area contributed by atoms with Crippen molar-refractivity contribution >= 4 is 26.6 Å². The second kappa shape index (κ2) is 9.18. The normalized spacial score (nSPS) is 13.9. The molecule has 1 atom stereocenters. The monoisotopic (exact) mass is 441 g/mol. The number of fused-ring (bicyclic) bond motifs is 1. The van der Waals surface area contributed by atoms with Crippen molar-refractivity contribution in [1.29, 1.82) is 0 Å². The third kappa shape index (κ3) is 5.12. The van der Waals surface area contributed by atoms with Crippen molar-refractivity contribution in [2.45, 2.75) is 45.1 Å². The SMILES string of the molecule is CCC(C)(C)C(OO)c1ccc(C(C)=NOS(=O)(=O)c2ccc3ccccc3c2)cc1. The van der Waals surface area contributed by atoms with Crippen LogP contribution in [0.25, 0.3) is 10.8 Å². The lowest BCUT2D eigenvalue weighted by Gasteiger charge is -2.31. The number of hydrogen-bond acceptors (Lipinski definition) is 6. The molecule has 0 spiro atoms. The molecule has 31 heavy (non-hydrogen) atoms. The van der Waals surface area contributed by atoms with Crippen LogP contribution in [0.3, 0.4) is 0 Å². The average molecular weight is 442 g/mol. The van der Waals surface area contributed by atoms with Crippen molar-refractivity contribution in [2.75, 3.05) is 0 Å². The minimum atomic E-state index is -4.04. The van der Waals surface area contributed by atoms with Crippen molar-refractivity contribution in [1.82, 2.24) is 0 Å². The standard InChI is InChI=1S/C24H27NO5S/c1-5-24(3,4)23(29-26)20-12-10-18(11-13-20)17(2)25-30-31(27,28)22-15-14-19-8-6-7-9-21(19)16-22/h6-16,23,26H,5H2,1-4H3. The third-order valence-corrected chi connectivity index (χ3v) is 6.74. The molecule has 7 heteroatoms. The molecule has 1 N–H and O–H groups in total. The highest BCUT2D eigenvalue weighted by Gasteiger charge is 2.30. The lowest BCUT2D eigenvalue weighted by atomic mass is 9.80. The molecule has 3 aromatic carbocycles. The summed E-state index contributed by atoms with van der Waals surface area (Å²) in [5.41, 5.74) is 1.67. The third-order valence-electron chi connectivity index (χ3n) is 5.64. The second-order valence-electron chi connectivity index (χ2n) is 8.16. The van der Waals surface area contributed by atoms with Gasteiger partial charge in [-0.15, -0.1) is 0 Å². The fourth-order valence-corrected chi connectivity index (χ4v) is 4.06. The Morgan fingerprint density at radius 2 is 1.68 bits per heavy atom. The highest BCUT2D eigenvalue weighted by atomic mass is 32.2. The van der Waals surface area contributed by atoms with Crippen molar-refractivity contribution in [3.8, 4) is 0 Å². The number of benzene rings is 3. The first-order valence-corrected chi connectivity index (χ1v) is 11.5. The summed E-state index contributed by atoms with van der Waals surface area (Å²) >= 11 is 0. The molecule has 0 aromatic heterocycles. The number of nitrogens with zero attached hydrogens (tertiary/aromatic N) is 1. The molecule has 0 bridgehead atoms. The van der Waals surface area contributed by atoms with E-state index in [4.69, 9.17) is 9.17 Å². The summed E-state index contributed by atoms with van der Waals surface area (Å²) in [5, 5.41) is 14.9. The summed E-state index contributed by atoms with van der Waals surface area (Å²) < 4.78 is 30.1. The lowest BCUT2D eigenvalue weighted by Crippen LogP contribution is -2.23. The van der Waals surface area contributed by atoms with Gasteiger partial charge in [0.05, 0.1) is 5.71 Å². The summed E-state index contributed by atoms with van der Waals surface area (Å²) in [6, 6.07) is 19.5. The fraction of sp³-hybridized carbons (Fsp3) is 0.292. The van der Waals surface area contributed by atoms with Crippen LogP contribution in [0.4, 0.5) is 0 Å². The fourth-order valence-electron chi connectivity index (χ4n) is 3.26. The molecule has 1 unspecified atom stereocenters. The van der Waals surface area contributed by atoms with Crippen LogP contribution in [0.5, 0.6) is 0 Å². The quantitative estimate of drug-likeness (QED) is 0.266. The molecule has 0 heterocycles. The van der Waals surface area contributed by atoms with Crippen molar-refractivity contribution in [2.24, 2.45) is 10.6 Å². The maximum atomic E-state index is 12.6. The van der Waals surface area contributed by atoms with Crippen LogP contribution in [0, 0.1) is 5.41 Å². The molecule has 0 saturated heterocycles. The Morgan fingerprint density at radius 1 is 1.03 bits per heavy atom. The van der Waals surface area contributed by atoms with Crippen LogP contribution in [0.2, 0.25) is 0 Å². The van der Waals surface area contributed by atoms with Gasteiger partial charge in [0.2, 0.25) is 0 Å². The minimum Gasteiger partial charge on any atom is -0.265 e. The Labute approximate surface area is 183 Å². The summed E-state index contributed by atoms with van der Waals surface area (Å²) in [5.74, 6) is 0. The molecule has 0 aliphatic rings. The summed E-state index contributed by atoms with van der Waals surface area (Å²) in [4.78, 5) is 4.77. The van der Waals surface area contributed by atoms with E-state index < -0.39 is 16.2 Å². The van der Waals surface area contributed by atoms with Gasteiger partial charge in [-0.3, -0.25) is 9.54 Å². The smallest absolute Gasteiger partial charge is 0.265 e. The van der Waals surface area contributed by atoms with Crippen LogP contribution < -0.4 is 0 Å². The van der Waals surface area contributed by atoms with Crippen molar-refractivity contribution in [3.63, 3.8) is 0 Å². The van der Waals surface area contributed by atoms with E-state index in [0.29, 0.717) is 11.3 Å². The largest absolute Gasteiger partial charge is 0.358 e. The molecule has 0 aliphatic carbocycles. The highest BCUT2D eigenvalue weighted by molar-refractivity contribution is 7.86. The molecule has 0 saturated carbocycles. The maximum absolute atomic E-state index is 12.6. The van der Waals surface area contributed by atoms with Gasteiger partial charge in [-0.1, -0.05) is 80.5 Å². The van der Waals surface area contributed by atoms with Crippen LogP contribution in [-0.4, -0.2) is 19.4 Å². The maximum Gasteiger partial charge on any atom is 0.358 e. The van der Waals surface area contributed by atoms with Gasteiger partial charge in [0.15, 0.2) is 0 Å². The first-order valence-electron chi connectivity index (χ1n) is 10.1. The molecule has 164 valence electrons. The highest BCUT2D eigenvalue weighted by Crippen LogP contribution is 2.38. The summed E-state index contributed by atoms with van der Waals surface area (Å²) in [7, 11) is -4.04. The van der Waals surface area contributed by atoms with E-state index in [9.17, 15) is 13.7 Å². The average Bonchev–Trinajstić information content (AvgIpc) is 2.78. The summed E-state index contributed by atoms with van der Waals surface area (Å²) in [6.45, 7) is 7.73. The molecule has 0 fully saturated rings. The Hall–Kier alpha value is -2.74. The van der Waals surface area contributed by atoms with Gasteiger partial charge in [-0.05, 0) is 52.8 Å². The van der Waals surface area contributed by atoms with E-state index in [-0.39, 0.29) is 10.3 Å². The van der Waals surface area contributed by atoms with Gasteiger partial charge in [0.25, 0.3) is 0 Å². The van der Waals surface area contributed by atoms with E-state index >= 15 is 0 Å². The van der Waals surface area contributed by atoms with Gasteiger partial charge in [-0.25, -0.2) is 4.89 Å². The van der Waals surface area contributed by atoms with Crippen LogP contribution in [-0.2, 0) is 19.3 Å². The molecule has 3 rings (SSSR count). The first kappa shape index (κ1) is 22.9. The van der Waals surface area contributed by atoms with Crippen molar-refractivity contribution < 1.29 is 22.8 Å². The van der Waals surface area contributed by atoms with E-state index in [1.807, 2.05) is 57.2 Å². The predicted molar refractivity (Wildman–Crippen MR) is 121 cm³/mol. The van der Waals surface area contributed by atoms with Crippen molar-refractivity contribution in [3.05, 3.63) is 77.9 Å². The topological polar surface area (TPSA) is 85.2 Å².